The fraction of sp³-hybridized carbons (Fsp3) is 0.333. The molecule has 0 spiro atoms. The Morgan fingerprint density at radius 1 is 0.771 bits per heavy atom. The van der Waals surface area contributed by atoms with Crippen LogP contribution in [0.5, 0.6) is 5.75 Å². The van der Waals surface area contributed by atoms with Crippen molar-refractivity contribution in [1.82, 2.24) is 9.80 Å². The van der Waals surface area contributed by atoms with Gasteiger partial charge < -0.3 is 19.1 Å². The second kappa shape index (κ2) is 18.3. The van der Waals surface area contributed by atoms with Crippen molar-refractivity contribution in [1.29, 1.82) is 0 Å². The van der Waals surface area contributed by atoms with E-state index in [0.717, 1.165) is 32.1 Å². The third kappa shape index (κ3) is 11.5. The minimum absolute atomic E-state index is 0.118. The number of amides is 1. The second-order valence-corrected chi connectivity index (χ2v) is 14.4. The fourth-order valence-electron chi connectivity index (χ4n) is 5.09. The van der Waals surface area contributed by atoms with E-state index in [2.05, 4.69) is 95.9 Å². The molecule has 0 N–H and O–H groups in total. The second-order valence-electron chi connectivity index (χ2n) is 12.2. The summed E-state index contributed by atoms with van der Waals surface area (Å²) in [5, 5.41) is 4.19. The highest BCUT2D eigenvalue weighted by atomic mass is 31.1. The predicted octanol–water partition coefficient (Wildman–Crippen LogP) is 6.77. The molecule has 1 heterocycles. The maximum Gasteiger partial charge on any atom is 0.410 e. The molecule has 0 aliphatic carbocycles. The van der Waals surface area contributed by atoms with E-state index in [-0.39, 0.29) is 24.0 Å². The predicted molar refractivity (Wildman–Crippen MR) is 192 cm³/mol. The van der Waals surface area contributed by atoms with Crippen molar-refractivity contribution in [3.8, 4) is 5.75 Å². The molecule has 4 aromatic rings. The van der Waals surface area contributed by atoms with Crippen LogP contribution in [0.3, 0.4) is 0 Å². The molecule has 48 heavy (non-hydrogen) atoms. The summed E-state index contributed by atoms with van der Waals surface area (Å²) in [5.41, 5.74) is -0.324. The quantitative estimate of drug-likeness (QED) is 0.105. The summed E-state index contributed by atoms with van der Waals surface area (Å²) >= 11 is 0. The summed E-state index contributed by atoms with van der Waals surface area (Å²) < 4.78 is 29.8. The number of piperazine rings is 1. The highest BCUT2D eigenvalue weighted by Gasteiger charge is 2.25. The van der Waals surface area contributed by atoms with Gasteiger partial charge in [0.15, 0.2) is 11.6 Å². The zero-order valence-electron chi connectivity index (χ0n) is 28.3. The zero-order valence-corrected chi connectivity index (χ0v) is 29.2. The Labute approximate surface area is 285 Å². The normalized spacial score (nSPS) is 13.3. The van der Waals surface area contributed by atoms with Crippen molar-refractivity contribution in [2.45, 2.75) is 39.7 Å². The lowest BCUT2D eigenvalue weighted by molar-refractivity contribution is 0.0141. The van der Waals surface area contributed by atoms with Gasteiger partial charge in [-0.05, 0) is 76.2 Å². The van der Waals surface area contributed by atoms with Gasteiger partial charge in [0.25, 0.3) is 0 Å². The minimum atomic E-state index is -0.582. The number of esters is 1. The molecule has 1 aliphatic heterocycles. The first kappa shape index (κ1) is 36.6. The van der Waals surface area contributed by atoms with E-state index in [4.69, 9.17) is 14.2 Å². The average Bonchev–Trinajstić information content (AvgIpc) is 3.09. The molecule has 0 bridgehead atoms. The summed E-state index contributed by atoms with van der Waals surface area (Å²) in [6.07, 6.45) is 0.452. The van der Waals surface area contributed by atoms with Crippen molar-refractivity contribution >= 4 is 35.9 Å². The first-order valence-electron chi connectivity index (χ1n) is 16.4. The highest BCUT2D eigenvalue weighted by molar-refractivity contribution is 7.79. The van der Waals surface area contributed by atoms with Crippen LogP contribution in [0.25, 0.3) is 0 Å². The number of carbonyl (C=O) groups excluding carboxylic acids is 2. The number of hydrogen-bond acceptors (Lipinski definition) is 6. The van der Waals surface area contributed by atoms with Crippen LogP contribution in [0.1, 0.15) is 44.5 Å². The number of halogens is 1. The lowest BCUT2D eigenvalue weighted by atomic mass is 10.2. The molecule has 254 valence electrons. The van der Waals surface area contributed by atoms with Crippen molar-refractivity contribution in [3.05, 3.63) is 121 Å². The number of carbonyl (C=O) groups is 2. The van der Waals surface area contributed by atoms with Gasteiger partial charge in [-0.3, -0.25) is 4.90 Å². The van der Waals surface area contributed by atoms with Crippen LogP contribution in [0.4, 0.5) is 9.18 Å². The van der Waals surface area contributed by atoms with Crippen LogP contribution in [-0.4, -0.2) is 73.4 Å². The maximum absolute atomic E-state index is 14.1. The molecule has 1 fully saturated rings. The third-order valence-electron chi connectivity index (χ3n) is 7.39. The summed E-state index contributed by atoms with van der Waals surface area (Å²) in [6, 6.07) is 36.4. The van der Waals surface area contributed by atoms with Crippen LogP contribution >= 0.6 is 7.92 Å². The van der Waals surface area contributed by atoms with E-state index in [0.29, 0.717) is 19.7 Å². The van der Waals surface area contributed by atoms with Crippen LogP contribution in [0.2, 0.25) is 0 Å². The van der Waals surface area contributed by atoms with Crippen molar-refractivity contribution in [2.24, 2.45) is 0 Å². The number of hydrogen-bond donors (Lipinski definition) is 0. The smallest absolute Gasteiger partial charge is 0.410 e. The summed E-state index contributed by atoms with van der Waals surface area (Å²) in [7, 11) is -0.446. The Morgan fingerprint density at radius 3 is 1.75 bits per heavy atom. The molecule has 4 aromatic carbocycles. The molecule has 0 radical (unpaired) electrons. The Balaban J connectivity index is 0.000000235. The van der Waals surface area contributed by atoms with Crippen molar-refractivity contribution < 1.29 is 28.2 Å². The maximum atomic E-state index is 14.1. The summed E-state index contributed by atoms with van der Waals surface area (Å²) in [6.45, 7) is 11.4. The van der Waals surface area contributed by atoms with Crippen molar-refractivity contribution in [2.75, 3.05) is 45.9 Å². The van der Waals surface area contributed by atoms with Gasteiger partial charge in [-0.15, -0.1) is 0 Å². The van der Waals surface area contributed by atoms with E-state index in [1.54, 1.807) is 11.8 Å². The highest BCUT2D eigenvalue weighted by Crippen LogP contribution is 2.32. The van der Waals surface area contributed by atoms with E-state index in [1.165, 1.54) is 28.0 Å². The lowest BCUT2D eigenvalue weighted by Crippen LogP contribution is -2.50. The fourth-order valence-corrected chi connectivity index (χ4v) is 7.39. The van der Waals surface area contributed by atoms with Gasteiger partial charge in [0.2, 0.25) is 0 Å². The van der Waals surface area contributed by atoms with E-state index >= 15 is 0 Å². The third-order valence-corrected chi connectivity index (χ3v) is 9.83. The summed E-state index contributed by atoms with van der Waals surface area (Å²) in [4.78, 5) is 27.6. The monoisotopic (exact) mass is 672 g/mol. The van der Waals surface area contributed by atoms with E-state index < -0.39 is 25.3 Å². The molecular weight excluding hydrogens is 626 g/mol. The van der Waals surface area contributed by atoms with Gasteiger partial charge in [-0.25, -0.2) is 14.0 Å². The van der Waals surface area contributed by atoms with Gasteiger partial charge in [-0.2, -0.15) is 0 Å². The molecule has 1 amide bonds. The molecule has 0 unspecified atom stereocenters. The van der Waals surface area contributed by atoms with E-state index in [1.807, 2.05) is 20.8 Å². The van der Waals surface area contributed by atoms with Crippen LogP contribution < -0.4 is 20.7 Å². The molecule has 0 aromatic heterocycles. The molecule has 0 atom stereocenters. The molecule has 7 nitrogen and oxygen atoms in total. The molecular formula is C39H46FN2O5P. The molecule has 5 rings (SSSR count). The Morgan fingerprint density at radius 2 is 1.29 bits per heavy atom. The first-order chi connectivity index (χ1) is 23.1. The Kier molecular flexibility index (Phi) is 14.0. The first-order valence-corrected chi connectivity index (χ1v) is 17.7. The van der Waals surface area contributed by atoms with E-state index in [9.17, 15) is 14.0 Å². The molecule has 1 aliphatic rings. The molecule has 0 saturated carbocycles. The average molecular weight is 673 g/mol. The van der Waals surface area contributed by atoms with Crippen molar-refractivity contribution in [3.63, 3.8) is 0 Å². The van der Waals surface area contributed by atoms with Gasteiger partial charge in [0.1, 0.15) is 5.60 Å². The Bertz CT molecular complexity index is 1470. The van der Waals surface area contributed by atoms with Gasteiger partial charge in [0.05, 0.1) is 18.8 Å². The summed E-state index contributed by atoms with van der Waals surface area (Å²) in [5.74, 6) is -1.02. The largest absolute Gasteiger partial charge is 0.490 e. The minimum Gasteiger partial charge on any atom is -0.490 e. The lowest BCUT2D eigenvalue weighted by Gasteiger charge is -2.35. The number of rotatable bonds is 10. The standard InChI is InChI=1S/C21H31FN2O5.C18H15P/c1-5-27-19(25)16-7-8-18(17(22)15-16)28-14-6-9-23-10-12-24(13-11-23)20(26)29-21(2,3)4;1-4-10-16(11-5-1)19(17-12-6-2-7-13-17)18-14-8-3-9-15-18/h7-8,15H,5-6,9-14H2,1-4H3;1-15H. The number of benzene rings is 4. The number of ether oxygens (including phenoxy) is 3. The number of nitrogens with zero attached hydrogens (tertiary/aromatic N) is 2. The zero-order chi connectivity index (χ0) is 34.4. The topological polar surface area (TPSA) is 68.3 Å². The van der Waals surface area contributed by atoms with Gasteiger partial charge in [-0.1, -0.05) is 91.0 Å². The van der Waals surface area contributed by atoms with Gasteiger partial charge in [0, 0.05) is 32.7 Å². The van der Waals surface area contributed by atoms with Gasteiger partial charge >= 0.3 is 12.1 Å². The Hall–Kier alpha value is -4.26. The SMILES string of the molecule is CCOC(=O)c1ccc(OCCCN2CCN(C(=O)OC(C)(C)C)CC2)c(F)c1.c1ccc(P(c2ccccc2)c2ccccc2)cc1. The van der Waals surface area contributed by atoms with Crippen LogP contribution in [0, 0.1) is 5.82 Å². The van der Waals surface area contributed by atoms with Crippen LogP contribution in [0.15, 0.2) is 109 Å². The molecule has 1 saturated heterocycles. The molecule has 9 heteroatoms. The van der Waals surface area contributed by atoms with Crippen LogP contribution in [-0.2, 0) is 9.47 Å².